The van der Waals surface area contributed by atoms with Crippen molar-refractivity contribution in [2.45, 2.75) is 11.4 Å². The fraction of sp³-hybridized carbons (Fsp3) is 0.250. The summed E-state index contributed by atoms with van der Waals surface area (Å²) >= 11 is 7.47. The highest BCUT2D eigenvalue weighted by atomic mass is 35.5. The first-order valence-corrected chi connectivity index (χ1v) is 10.1. The van der Waals surface area contributed by atoms with Crippen molar-refractivity contribution >= 4 is 40.2 Å². The minimum atomic E-state index is -0.318. The minimum Gasteiger partial charge on any atom is -0.493 e. The number of nitrogens with zero attached hydrogens (tertiary/aromatic N) is 2. The van der Waals surface area contributed by atoms with Crippen LogP contribution in [0, 0.1) is 0 Å². The number of thioether (sulfide) groups is 1. The zero-order chi connectivity index (χ0) is 20.8. The molecule has 0 aliphatic carbocycles. The largest absolute Gasteiger partial charge is 0.493 e. The minimum absolute atomic E-state index is 0.109. The molecule has 0 aliphatic heterocycles. The van der Waals surface area contributed by atoms with Crippen molar-refractivity contribution in [2.24, 2.45) is 0 Å². The first-order chi connectivity index (χ1) is 14.0. The van der Waals surface area contributed by atoms with Crippen LogP contribution in [-0.4, -0.2) is 42.0 Å². The van der Waals surface area contributed by atoms with Crippen LogP contribution in [0.5, 0.6) is 11.5 Å². The second-order valence-electron chi connectivity index (χ2n) is 6.05. The Kier molecular flexibility index (Phi) is 7.00. The monoisotopic (exact) mass is 433 g/mol. The first kappa shape index (κ1) is 21.0. The van der Waals surface area contributed by atoms with Gasteiger partial charge in [-0.25, -0.2) is 4.98 Å². The third-order valence-corrected chi connectivity index (χ3v) is 5.42. The quantitative estimate of drug-likeness (QED) is 0.434. The maximum Gasteiger partial charge on any atom is 0.261 e. The van der Waals surface area contributed by atoms with E-state index in [4.69, 9.17) is 21.1 Å². The third-order valence-electron chi connectivity index (χ3n) is 4.15. The number of rotatable bonds is 8. The van der Waals surface area contributed by atoms with Gasteiger partial charge in [0.1, 0.15) is 6.54 Å². The number of ether oxygens (including phenoxy) is 2. The van der Waals surface area contributed by atoms with Crippen LogP contribution in [0.4, 0.5) is 0 Å². The predicted molar refractivity (Wildman–Crippen MR) is 114 cm³/mol. The Bertz CT molecular complexity index is 1070. The molecule has 0 spiro atoms. The maximum atomic E-state index is 12.7. The molecule has 7 nitrogen and oxygen atoms in total. The van der Waals surface area contributed by atoms with Crippen molar-refractivity contribution in [1.29, 1.82) is 0 Å². The lowest BCUT2D eigenvalue weighted by Crippen LogP contribution is -2.33. The van der Waals surface area contributed by atoms with Crippen molar-refractivity contribution in [3.63, 3.8) is 0 Å². The molecule has 0 atom stereocenters. The molecule has 2 aromatic carbocycles. The molecule has 0 saturated heterocycles. The van der Waals surface area contributed by atoms with Crippen LogP contribution >= 0.6 is 23.4 Å². The molecule has 152 valence electrons. The number of hydrogen-bond donors (Lipinski definition) is 1. The summed E-state index contributed by atoms with van der Waals surface area (Å²) < 4.78 is 11.7. The summed E-state index contributed by atoms with van der Waals surface area (Å²) in [7, 11) is 3.01. The summed E-state index contributed by atoms with van der Waals surface area (Å²) in [5, 5.41) is 3.86. The average Bonchev–Trinajstić information content (AvgIpc) is 2.73. The van der Waals surface area contributed by atoms with Crippen molar-refractivity contribution in [3.05, 3.63) is 58.1 Å². The van der Waals surface area contributed by atoms with Gasteiger partial charge in [-0.2, -0.15) is 0 Å². The number of hydrogen-bond acceptors (Lipinski definition) is 6. The molecular formula is C20H20ClN3O4S. The number of halogens is 1. The molecule has 29 heavy (non-hydrogen) atoms. The van der Waals surface area contributed by atoms with Crippen molar-refractivity contribution in [2.75, 3.05) is 26.5 Å². The average molecular weight is 434 g/mol. The topological polar surface area (TPSA) is 82.5 Å². The Labute approximate surface area is 177 Å². The molecule has 1 N–H and O–H groups in total. The highest BCUT2D eigenvalue weighted by molar-refractivity contribution is 7.99. The lowest BCUT2D eigenvalue weighted by molar-refractivity contribution is -0.121. The number of carbonyl (C=O) groups excluding carboxylic acids is 1. The lowest BCUT2D eigenvalue weighted by atomic mass is 10.2. The number of carbonyl (C=O) groups is 1. The van der Waals surface area contributed by atoms with Crippen LogP contribution in [0.2, 0.25) is 5.02 Å². The van der Waals surface area contributed by atoms with Gasteiger partial charge in [0.05, 0.1) is 31.4 Å². The Balaban J connectivity index is 1.61. The summed E-state index contributed by atoms with van der Waals surface area (Å²) in [6.45, 7) is 0.370. The van der Waals surface area contributed by atoms with E-state index in [-0.39, 0.29) is 18.0 Å². The molecular weight excluding hydrogens is 414 g/mol. The second-order valence-corrected chi connectivity index (χ2v) is 7.66. The van der Waals surface area contributed by atoms with E-state index in [2.05, 4.69) is 10.3 Å². The van der Waals surface area contributed by atoms with Crippen LogP contribution in [0.25, 0.3) is 10.9 Å². The summed E-state index contributed by atoms with van der Waals surface area (Å²) in [6.07, 6.45) is 1.36. The van der Waals surface area contributed by atoms with Gasteiger partial charge in [0.2, 0.25) is 5.91 Å². The molecule has 0 radical (unpaired) electrons. The number of methoxy groups -OCH3 is 2. The number of amides is 1. The van der Waals surface area contributed by atoms with E-state index < -0.39 is 0 Å². The molecule has 0 fully saturated rings. The molecule has 1 heterocycles. The van der Waals surface area contributed by atoms with Gasteiger partial charge in [-0.1, -0.05) is 11.6 Å². The standard InChI is InChI=1S/C20H20ClN3O4S/c1-27-17-9-15-16(10-18(17)28-2)23-12-24(20(15)26)11-19(25)22-7-8-29-14-5-3-13(21)4-6-14/h3-6,9-10,12H,7-8,11H2,1-2H3,(H,22,25). The lowest BCUT2D eigenvalue weighted by Gasteiger charge is -2.11. The van der Waals surface area contributed by atoms with Crippen LogP contribution in [-0.2, 0) is 11.3 Å². The molecule has 0 saturated carbocycles. The first-order valence-electron chi connectivity index (χ1n) is 8.78. The fourth-order valence-electron chi connectivity index (χ4n) is 2.70. The third kappa shape index (κ3) is 5.21. The molecule has 0 unspecified atom stereocenters. The molecule has 1 amide bonds. The van der Waals surface area contributed by atoms with Gasteiger partial charge in [-0.05, 0) is 30.3 Å². The van der Waals surface area contributed by atoms with Gasteiger partial charge in [-0.3, -0.25) is 14.2 Å². The summed E-state index contributed by atoms with van der Waals surface area (Å²) in [5.41, 5.74) is 0.158. The highest BCUT2D eigenvalue weighted by Gasteiger charge is 2.12. The van der Waals surface area contributed by atoms with E-state index in [0.717, 1.165) is 4.90 Å². The normalized spacial score (nSPS) is 10.7. The van der Waals surface area contributed by atoms with Crippen LogP contribution < -0.4 is 20.3 Å². The van der Waals surface area contributed by atoms with E-state index in [9.17, 15) is 9.59 Å². The zero-order valence-corrected chi connectivity index (χ0v) is 17.5. The Morgan fingerprint density at radius 3 is 2.55 bits per heavy atom. The number of benzene rings is 2. The second kappa shape index (κ2) is 9.67. The van der Waals surface area contributed by atoms with Gasteiger partial charge in [0.15, 0.2) is 11.5 Å². The van der Waals surface area contributed by atoms with Crippen molar-refractivity contribution in [1.82, 2.24) is 14.9 Å². The zero-order valence-electron chi connectivity index (χ0n) is 16.0. The summed E-state index contributed by atoms with van der Waals surface area (Å²) in [4.78, 5) is 30.2. The van der Waals surface area contributed by atoms with Gasteiger partial charge in [-0.15, -0.1) is 11.8 Å². The molecule has 0 bridgehead atoms. The smallest absolute Gasteiger partial charge is 0.261 e. The number of fused-ring (bicyclic) bond motifs is 1. The van der Waals surface area contributed by atoms with E-state index in [1.165, 1.54) is 25.1 Å². The number of nitrogens with one attached hydrogen (secondary N) is 1. The van der Waals surface area contributed by atoms with Gasteiger partial charge in [0.25, 0.3) is 5.56 Å². The molecule has 3 rings (SSSR count). The fourth-order valence-corrected chi connectivity index (χ4v) is 3.59. The number of aromatic nitrogens is 2. The predicted octanol–water partition coefficient (Wildman–Crippen LogP) is 2.98. The van der Waals surface area contributed by atoms with Crippen LogP contribution in [0.15, 0.2) is 52.4 Å². The highest BCUT2D eigenvalue weighted by Crippen LogP contribution is 2.29. The molecule has 1 aromatic heterocycles. The summed E-state index contributed by atoms with van der Waals surface area (Å²) in [5.74, 6) is 1.36. The summed E-state index contributed by atoms with van der Waals surface area (Å²) in [6, 6.07) is 10.7. The maximum absolute atomic E-state index is 12.7. The van der Waals surface area contributed by atoms with Gasteiger partial charge >= 0.3 is 0 Å². The van der Waals surface area contributed by atoms with E-state index in [0.29, 0.717) is 39.7 Å². The Morgan fingerprint density at radius 2 is 1.86 bits per heavy atom. The van der Waals surface area contributed by atoms with Gasteiger partial charge < -0.3 is 14.8 Å². The van der Waals surface area contributed by atoms with E-state index in [1.54, 1.807) is 23.9 Å². The van der Waals surface area contributed by atoms with E-state index in [1.807, 2.05) is 24.3 Å². The van der Waals surface area contributed by atoms with Crippen LogP contribution in [0.1, 0.15) is 0 Å². The Hall–Kier alpha value is -2.71. The van der Waals surface area contributed by atoms with E-state index >= 15 is 0 Å². The van der Waals surface area contributed by atoms with Crippen LogP contribution in [0.3, 0.4) is 0 Å². The molecule has 3 aromatic rings. The molecule has 0 aliphatic rings. The van der Waals surface area contributed by atoms with Crippen molar-refractivity contribution in [3.8, 4) is 11.5 Å². The van der Waals surface area contributed by atoms with Crippen molar-refractivity contribution < 1.29 is 14.3 Å². The Morgan fingerprint density at radius 1 is 1.17 bits per heavy atom. The SMILES string of the molecule is COc1cc2ncn(CC(=O)NCCSc3ccc(Cl)cc3)c(=O)c2cc1OC. The van der Waals surface area contributed by atoms with Gasteiger partial charge in [0, 0.05) is 28.3 Å². The molecule has 9 heteroatoms.